The SMILES string of the molecule is CC1CN(c2ccc(N/C=C3/C(=O)Nc4cccc(F)c43)cc2F)CC(C)O1. The molecule has 2 heterocycles. The number of hydrogen-bond donors (Lipinski definition) is 2. The minimum Gasteiger partial charge on any atom is -0.372 e. The first-order valence-electron chi connectivity index (χ1n) is 9.19. The molecule has 0 saturated carbocycles. The van der Waals surface area contributed by atoms with Crippen molar-refractivity contribution in [3.8, 4) is 0 Å². The lowest BCUT2D eigenvalue weighted by atomic mass is 10.1. The maximum Gasteiger partial charge on any atom is 0.257 e. The van der Waals surface area contributed by atoms with Gasteiger partial charge in [-0.3, -0.25) is 4.79 Å². The van der Waals surface area contributed by atoms with E-state index >= 15 is 0 Å². The summed E-state index contributed by atoms with van der Waals surface area (Å²) >= 11 is 0. The van der Waals surface area contributed by atoms with E-state index in [1.54, 1.807) is 18.2 Å². The number of amides is 1. The first kappa shape index (κ1) is 18.4. The Labute approximate surface area is 162 Å². The number of benzene rings is 2. The summed E-state index contributed by atoms with van der Waals surface area (Å²) in [6.45, 7) is 5.17. The van der Waals surface area contributed by atoms with E-state index in [0.29, 0.717) is 30.2 Å². The zero-order valence-electron chi connectivity index (χ0n) is 15.6. The van der Waals surface area contributed by atoms with Crippen molar-refractivity contribution in [3.05, 3.63) is 59.8 Å². The Morgan fingerprint density at radius 3 is 2.61 bits per heavy atom. The molecule has 4 rings (SSSR count). The molecule has 0 aliphatic carbocycles. The summed E-state index contributed by atoms with van der Waals surface area (Å²) in [5, 5.41) is 5.52. The normalized spacial score (nSPS) is 22.9. The second-order valence-corrected chi connectivity index (χ2v) is 7.15. The summed E-state index contributed by atoms with van der Waals surface area (Å²) in [7, 11) is 0. The van der Waals surface area contributed by atoms with Crippen molar-refractivity contribution in [1.82, 2.24) is 0 Å². The van der Waals surface area contributed by atoms with Crippen LogP contribution in [0.2, 0.25) is 0 Å². The second-order valence-electron chi connectivity index (χ2n) is 7.15. The molecule has 0 aromatic heterocycles. The molecule has 1 saturated heterocycles. The molecule has 1 amide bonds. The third-order valence-electron chi connectivity index (χ3n) is 4.87. The highest BCUT2D eigenvalue weighted by Gasteiger charge is 2.27. The molecule has 2 unspecified atom stereocenters. The van der Waals surface area contributed by atoms with Crippen molar-refractivity contribution in [3.63, 3.8) is 0 Å². The van der Waals surface area contributed by atoms with Gasteiger partial charge < -0.3 is 20.3 Å². The average molecular weight is 385 g/mol. The summed E-state index contributed by atoms with van der Waals surface area (Å²) < 4.78 is 34.5. The minimum atomic E-state index is -0.485. The highest BCUT2D eigenvalue weighted by Crippen LogP contribution is 2.34. The van der Waals surface area contributed by atoms with Gasteiger partial charge in [0, 0.05) is 30.5 Å². The topological polar surface area (TPSA) is 53.6 Å². The quantitative estimate of drug-likeness (QED) is 0.785. The molecule has 0 bridgehead atoms. The van der Waals surface area contributed by atoms with Gasteiger partial charge in [0.25, 0.3) is 5.91 Å². The van der Waals surface area contributed by atoms with Crippen LogP contribution in [0, 0.1) is 11.6 Å². The number of hydrogen-bond acceptors (Lipinski definition) is 4. The molecular weight excluding hydrogens is 364 g/mol. The Morgan fingerprint density at radius 1 is 1.14 bits per heavy atom. The summed E-state index contributed by atoms with van der Waals surface area (Å²) in [5.74, 6) is -1.26. The third kappa shape index (κ3) is 3.45. The number of fused-ring (bicyclic) bond motifs is 1. The van der Waals surface area contributed by atoms with Crippen LogP contribution in [-0.4, -0.2) is 31.2 Å². The largest absolute Gasteiger partial charge is 0.372 e. The standard InChI is InChI=1S/C21H21F2N3O2/c1-12-10-26(11-13(2)28-12)19-7-6-14(8-17(19)23)24-9-15-20-16(22)4-3-5-18(20)25-21(15)27/h3-9,12-13,24H,10-11H2,1-2H3,(H,25,27)/b15-9+. The van der Waals surface area contributed by atoms with E-state index in [0.717, 1.165) is 0 Å². The van der Waals surface area contributed by atoms with Gasteiger partial charge >= 0.3 is 0 Å². The Balaban J connectivity index is 1.55. The molecule has 1 fully saturated rings. The van der Waals surface area contributed by atoms with Crippen LogP contribution in [-0.2, 0) is 9.53 Å². The van der Waals surface area contributed by atoms with Gasteiger partial charge in [0.1, 0.15) is 11.6 Å². The monoisotopic (exact) mass is 385 g/mol. The summed E-state index contributed by atoms with van der Waals surface area (Å²) in [6, 6.07) is 9.26. The van der Waals surface area contributed by atoms with E-state index in [2.05, 4.69) is 10.6 Å². The fourth-order valence-corrected chi connectivity index (χ4v) is 3.73. The lowest BCUT2D eigenvalue weighted by Gasteiger charge is -2.37. The first-order valence-corrected chi connectivity index (χ1v) is 9.19. The molecule has 2 aromatic carbocycles. The van der Waals surface area contributed by atoms with Gasteiger partial charge in [-0.2, -0.15) is 0 Å². The lowest BCUT2D eigenvalue weighted by molar-refractivity contribution is -0.110. The number of halogens is 2. The van der Waals surface area contributed by atoms with Gasteiger partial charge in [0.05, 0.1) is 29.2 Å². The maximum absolute atomic E-state index is 14.7. The molecule has 5 nitrogen and oxygen atoms in total. The zero-order chi connectivity index (χ0) is 19.8. The van der Waals surface area contributed by atoms with Crippen LogP contribution in [0.3, 0.4) is 0 Å². The van der Waals surface area contributed by atoms with Gasteiger partial charge in [0.15, 0.2) is 0 Å². The summed E-state index contributed by atoms with van der Waals surface area (Å²) in [4.78, 5) is 14.1. The first-order chi connectivity index (χ1) is 13.4. The van der Waals surface area contributed by atoms with Crippen LogP contribution in [0.5, 0.6) is 0 Å². The molecule has 2 aliphatic heterocycles. The van der Waals surface area contributed by atoms with E-state index in [9.17, 15) is 13.6 Å². The van der Waals surface area contributed by atoms with Crippen LogP contribution >= 0.6 is 0 Å². The molecule has 0 radical (unpaired) electrons. The highest BCUT2D eigenvalue weighted by atomic mass is 19.1. The number of nitrogens with one attached hydrogen (secondary N) is 2. The molecule has 7 heteroatoms. The Morgan fingerprint density at radius 2 is 1.89 bits per heavy atom. The number of carbonyl (C=O) groups excluding carboxylic acids is 1. The molecule has 2 aliphatic rings. The van der Waals surface area contributed by atoms with Crippen LogP contribution in [0.4, 0.5) is 25.8 Å². The van der Waals surface area contributed by atoms with E-state index in [-0.39, 0.29) is 29.2 Å². The molecule has 2 N–H and O–H groups in total. The van der Waals surface area contributed by atoms with E-state index in [1.807, 2.05) is 18.7 Å². The smallest absolute Gasteiger partial charge is 0.257 e. The maximum atomic E-state index is 14.7. The Bertz CT molecular complexity index is 951. The number of anilines is 3. The van der Waals surface area contributed by atoms with Crippen LogP contribution in [0.15, 0.2) is 42.6 Å². The zero-order valence-corrected chi connectivity index (χ0v) is 15.6. The number of rotatable bonds is 3. The van der Waals surface area contributed by atoms with Crippen molar-refractivity contribution >= 4 is 28.5 Å². The van der Waals surface area contributed by atoms with Crippen LogP contribution < -0.4 is 15.5 Å². The third-order valence-corrected chi connectivity index (χ3v) is 4.87. The van der Waals surface area contributed by atoms with Gasteiger partial charge in [0.2, 0.25) is 0 Å². The Hall–Kier alpha value is -2.93. The average Bonchev–Trinajstić information content (AvgIpc) is 2.95. The molecule has 28 heavy (non-hydrogen) atoms. The molecule has 2 atom stereocenters. The number of morpholine rings is 1. The predicted molar refractivity (Wildman–Crippen MR) is 105 cm³/mol. The van der Waals surface area contributed by atoms with Gasteiger partial charge in [-0.1, -0.05) is 6.07 Å². The fraction of sp³-hybridized carbons (Fsp3) is 0.286. The summed E-state index contributed by atoms with van der Waals surface area (Å²) in [6.07, 6.45) is 1.46. The number of carbonyl (C=O) groups is 1. The van der Waals surface area contributed by atoms with Crippen LogP contribution in [0.1, 0.15) is 19.4 Å². The number of nitrogens with zero attached hydrogens (tertiary/aromatic N) is 1. The lowest BCUT2D eigenvalue weighted by Crippen LogP contribution is -2.45. The van der Waals surface area contributed by atoms with Gasteiger partial charge in [-0.05, 0) is 44.2 Å². The van der Waals surface area contributed by atoms with Gasteiger partial charge in [-0.25, -0.2) is 8.78 Å². The van der Waals surface area contributed by atoms with Crippen molar-refractivity contribution in [2.45, 2.75) is 26.1 Å². The van der Waals surface area contributed by atoms with Crippen LogP contribution in [0.25, 0.3) is 5.57 Å². The molecule has 0 spiro atoms. The van der Waals surface area contributed by atoms with E-state index in [1.165, 1.54) is 24.4 Å². The highest BCUT2D eigenvalue weighted by molar-refractivity contribution is 6.31. The van der Waals surface area contributed by atoms with E-state index < -0.39 is 11.7 Å². The fourth-order valence-electron chi connectivity index (χ4n) is 3.73. The van der Waals surface area contributed by atoms with Crippen molar-refractivity contribution in [2.75, 3.05) is 28.6 Å². The van der Waals surface area contributed by atoms with Gasteiger partial charge in [-0.15, -0.1) is 0 Å². The molecule has 146 valence electrons. The Kier molecular flexibility index (Phi) is 4.77. The van der Waals surface area contributed by atoms with Crippen molar-refractivity contribution < 1.29 is 18.3 Å². The predicted octanol–water partition coefficient (Wildman–Crippen LogP) is 3.98. The molecular formula is C21H21F2N3O2. The second kappa shape index (κ2) is 7.24. The molecule has 2 aromatic rings. The van der Waals surface area contributed by atoms with Crippen molar-refractivity contribution in [2.24, 2.45) is 0 Å². The van der Waals surface area contributed by atoms with Crippen molar-refractivity contribution in [1.29, 1.82) is 0 Å². The van der Waals surface area contributed by atoms with E-state index in [4.69, 9.17) is 4.74 Å². The minimum absolute atomic E-state index is 0.0292. The number of ether oxygens (including phenoxy) is 1. The summed E-state index contributed by atoms with van der Waals surface area (Å²) in [5.41, 5.74) is 1.80.